The van der Waals surface area contributed by atoms with Gasteiger partial charge in [-0.3, -0.25) is 0 Å². The van der Waals surface area contributed by atoms with Crippen molar-refractivity contribution < 1.29 is 9.47 Å². The predicted molar refractivity (Wildman–Crippen MR) is 95.3 cm³/mol. The van der Waals surface area contributed by atoms with E-state index in [1.807, 2.05) is 18.2 Å². The van der Waals surface area contributed by atoms with E-state index in [0.29, 0.717) is 13.2 Å². The van der Waals surface area contributed by atoms with Gasteiger partial charge in [0, 0.05) is 17.4 Å². The molecule has 0 amide bonds. The summed E-state index contributed by atoms with van der Waals surface area (Å²) in [7, 11) is 0. The van der Waals surface area contributed by atoms with Crippen LogP contribution in [0.15, 0.2) is 30.3 Å². The fraction of sp³-hybridized carbons (Fsp3) is 0.400. The van der Waals surface area contributed by atoms with E-state index in [9.17, 15) is 0 Å². The number of benzene rings is 2. The van der Waals surface area contributed by atoms with E-state index < -0.39 is 0 Å². The third-order valence-corrected chi connectivity index (χ3v) is 4.21. The zero-order valence-electron chi connectivity index (χ0n) is 14.6. The van der Waals surface area contributed by atoms with E-state index >= 15 is 0 Å². The highest BCUT2D eigenvalue weighted by atomic mass is 16.6. The lowest BCUT2D eigenvalue weighted by Gasteiger charge is -2.23. The molecule has 0 spiro atoms. The van der Waals surface area contributed by atoms with Gasteiger partial charge in [-0.25, -0.2) is 0 Å². The molecule has 0 radical (unpaired) electrons. The Labute approximate surface area is 138 Å². The van der Waals surface area contributed by atoms with Gasteiger partial charge in [0.05, 0.1) is 0 Å². The van der Waals surface area contributed by atoms with Gasteiger partial charge in [-0.2, -0.15) is 0 Å². The van der Waals surface area contributed by atoms with Crippen LogP contribution in [-0.2, 0) is 5.41 Å². The van der Waals surface area contributed by atoms with Crippen molar-refractivity contribution in [2.24, 2.45) is 0 Å². The molecular weight excluding hydrogens is 286 g/mol. The molecule has 0 aromatic heterocycles. The standard InChI is InChI=1S/C20H25NO2/c1-13-10-15(20(3,4)5)11-14(2)19(13)21-16-6-7-17-18(12-16)23-9-8-22-17/h6-7,10-12,21H,8-9H2,1-5H3. The maximum absolute atomic E-state index is 5.66. The van der Waals surface area contributed by atoms with Crippen LogP contribution in [0.4, 0.5) is 11.4 Å². The molecule has 3 heteroatoms. The summed E-state index contributed by atoms with van der Waals surface area (Å²) in [6.45, 7) is 12.3. The van der Waals surface area contributed by atoms with Crippen LogP contribution in [-0.4, -0.2) is 13.2 Å². The van der Waals surface area contributed by atoms with Gasteiger partial charge in [0.2, 0.25) is 0 Å². The molecule has 1 N–H and O–H groups in total. The monoisotopic (exact) mass is 311 g/mol. The molecule has 0 bridgehead atoms. The van der Waals surface area contributed by atoms with Crippen molar-refractivity contribution in [3.63, 3.8) is 0 Å². The number of hydrogen-bond donors (Lipinski definition) is 1. The lowest BCUT2D eigenvalue weighted by Crippen LogP contribution is -2.15. The highest BCUT2D eigenvalue weighted by Gasteiger charge is 2.17. The van der Waals surface area contributed by atoms with Crippen molar-refractivity contribution in [3.8, 4) is 11.5 Å². The molecule has 2 aromatic rings. The number of fused-ring (bicyclic) bond motifs is 1. The van der Waals surface area contributed by atoms with Crippen LogP contribution < -0.4 is 14.8 Å². The maximum Gasteiger partial charge on any atom is 0.163 e. The van der Waals surface area contributed by atoms with E-state index in [0.717, 1.165) is 22.9 Å². The van der Waals surface area contributed by atoms with Gasteiger partial charge in [-0.05, 0) is 48.1 Å². The summed E-state index contributed by atoms with van der Waals surface area (Å²) in [5, 5.41) is 3.53. The van der Waals surface area contributed by atoms with E-state index in [-0.39, 0.29) is 5.41 Å². The van der Waals surface area contributed by atoms with Crippen LogP contribution in [0.5, 0.6) is 11.5 Å². The largest absolute Gasteiger partial charge is 0.486 e. The molecule has 1 aliphatic rings. The first-order valence-electron chi connectivity index (χ1n) is 8.13. The molecule has 3 nitrogen and oxygen atoms in total. The van der Waals surface area contributed by atoms with Crippen molar-refractivity contribution in [1.82, 2.24) is 0 Å². The van der Waals surface area contributed by atoms with Gasteiger partial charge < -0.3 is 14.8 Å². The zero-order chi connectivity index (χ0) is 16.6. The molecule has 23 heavy (non-hydrogen) atoms. The van der Waals surface area contributed by atoms with Crippen molar-refractivity contribution in [2.45, 2.75) is 40.0 Å². The fourth-order valence-electron chi connectivity index (χ4n) is 2.86. The predicted octanol–water partition coefficient (Wildman–Crippen LogP) is 5.12. The summed E-state index contributed by atoms with van der Waals surface area (Å²) < 4.78 is 11.2. The summed E-state index contributed by atoms with van der Waals surface area (Å²) in [6.07, 6.45) is 0. The number of rotatable bonds is 2. The van der Waals surface area contributed by atoms with Gasteiger partial charge in [-0.15, -0.1) is 0 Å². The summed E-state index contributed by atoms with van der Waals surface area (Å²) in [5.74, 6) is 1.63. The maximum atomic E-state index is 5.66. The molecule has 0 saturated carbocycles. The number of ether oxygens (including phenoxy) is 2. The second-order valence-electron chi connectivity index (χ2n) is 7.22. The summed E-state index contributed by atoms with van der Waals surface area (Å²) in [4.78, 5) is 0. The Morgan fingerprint density at radius 3 is 2.09 bits per heavy atom. The minimum atomic E-state index is 0.158. The van der Waals surface area contributed by atoms with Gasteiger partial charge in [-0.1, -0.05) is 32.9 Å². The third kappa shape index (κ3) is 3.29. The van der Waals surface area contributed by atoms with Gasteiger partial charge in [0.1, 0.15) is 13.2 Å². The normalized spacial score (nSPS) is 13.8. The highest BCUT2D eigenvalue weighted by Crippen LogP contribution is 2.36. The molecule has 0 saturated heterocycles. The zero-order valence-corrected chi connectivity index (χ0v) is 14.6. The molecule has 0 unspecified atom stereocenters. The second-order valence-corrected chi connectivity index (χ2v) is 7.22. The second kappa shape index (κ2) is 5.80. The van der Waals surface area contributed by atoms with E-state index in [1.165, 1.54) is 16.7 Å². The van der Waals surface area contributed by atoms with Crippen LogP contribution in [0.2, 0.25) is 0 Å². The average Bonchev–Trinajstić information content (AvgIpc) is 2.49. The van der Waals surface area contributed by atoms with Crippen LogP contribution in [0.25, 0.3) is 0 Å². The Morgan fingerprint density at radius 2 is 1.48 bits per heavy atom. The number of hydrogen-bond acceptors (Lipinski definition) is 3. The fourth-order valence-corrected chi connectivity index (χ4v) is 2.86. The Hall–Kier alpha value is -2.16. The van der Waals surface area contributed by atoms with Crippen molar-refractivity contribution in [1.29, 1.82) is 0 Å². The summed E-state index contributed by atoms with van der Waals surface area (Å²) in [6, 6.07) is 10.5. The molecule has 0 fully saturated rings. The minimum Gasteiger partial charge on any atom is -0.486 e. The number of anilines is 2. The Morgan fingerprint density at radius 1 is 0.870 bits per heavy atom. The molecule has 0 aliphatic carbocycles. The van der Waals surface area contributed by atoms with Crippen LogP contribution in [0, 0.1) is 13.8 Å². The first-order chi connectivity index (χ1) is 10.8. The minimum absolute atomic E-state index is 0.158. The average molecular weight is 311 g/mol. The van der Waals surface area contributed by atoms with Crippen molar-refractivity contribution in [2.75, 3.05) is 18.5 Å². The lowest BCUT2D eigenvalue weighted by atomic mass is 9.85. The number of nitrogens with one attached hydrogen (secondary N) is 1. The van der Waals surface area contributed by atoms with Crippen molar-refractivity contribution >= 4 is 11.4 Å². The quantitative estimate of drug-likeness (QED) is 0.835. The Kier molecular flexibility index (Phi) is 3.97. The van der Waals surface area contributed by atoms with Crippen LogP contribution >= 0.6 is 0 Å². The third-order valence-electron chi connectivity index (χ3n) is 4.21. The summed E-state index contributed by atoms with van der Waals surface area (Å²) >= 11 is 0. The topological polar surface area (TPSA) is 30.5 Å². The van der Waals surface area contributed by atoms with Crippen LogP contribution in [0.1, 0.15) is 37.5 Å². The lowest BCUT2D eigenvalue weighted by molar-refractivity contribution is 0.171. The first kappa shape index (κ1) is 15.7. The van der Waals surface area contributed by atoms with E-state index in [1.54, 1.807) is 0 Å². The highest BCUT2D eigenvalue weighted by molar-refractivity contribution is 5.69. The molecule has 1 aliphatic heterocycles. The van der Waals surface area contributed by atoms with Crippen LogP contribution in [0.3, 0.4) is 0 Å². The summed E-state index contributed by atoms with van der Waals surface area (Å²) in [5.41, 5.74) is 6.21. The molecule has 122 valence electrons. The van der Waals surface area contributed by atoms with E-state index in [4.69, 9.17) is 9.47 Å². The van der Waals surface area contributed by atoms with Gasteiger partial charge in [0.25, 0.3) is 0 Å². The molecular formula is C20H25NO2. The Balaban J connectivity index is 1.91. The van der Waals surface area contributed by atoms with Gasteiger partial charge >= 0.3 is 0 Å². The number of aryl methyl sites for hydroxylation is 2. The van der Waals surface area contributed by atoms with Crippen molar-refractivity contribution in [3.05, 3.63) is 47.0 Å². The molecule has 1 heterocycles. The Bertz CT molecular complexity index is 706. The first-order valence-corrected chi connectivity index (χ1v) is 8.13. The smallest absolute Gasteiger partial charge is 0.163 e. The molecule has 3 rings (SSSR count). The van der Waals surface area contributed by atoms with Gasteiger partial charge in [0.15, 0.2) is 11.5 Å². The van der Waals surface area contributed by atoms with E-state index in [2.05, 4.69) is 52.1 Å². The molecule has 0 atom stereocenters. The SMILES string of the molecule is Cc1cc(C(C)(C)C)cc(C)c1Nc1ccc2c(c1)OCCO2. The molecule has 2 aromatic carbocycles.